The van der Waals surface area contributed by atoms with E-state index < -0.39 is 0 Å². The van der Waals surface area contributed by atoms with Gasteiger partial charge in [0.15, 0.2) is 5.82 Å². The Morgan fingerprint density at radius 1 is 1.33 bits per heavy atom. The molecule has 2 rings (SSSR count). The van der Waals surface area contributed by atoms with E-state index in [9.17, 15) is 0 Å². The molecule has 0 aliphatic heterocycles. The van der Waals surface area contributed by atoms with Crippen LogP contribution in [0.5, 0.6) is 0 Å². The maximum Gasteiger partial charge on any atom is 0.244 e. The lowest BCUT2D eigenvalue weighted by atomic mass is 10.2. The number of methoxy groups -OCH3 is 1. The van der Waals surface area contributed by atoms with Crippen LogP contribution in [-0.2, 0) is 4.74 Å². The van der Waals surface area contributed by atoms with E-state index in [-0.39, 0.29) is 0 Å². The van der Waals surface area contributed by atoms with Crippen molar-refractivity contribution in [2.45, 2.75) is 13.8 Å². The number of nitrogens with zero attached hydrogens (tertiary/aromatic N) is 4. The minimum Gasteiger partial charge on any atom is -0.383 e. The number of nitrogens with one attached hydrogen (secondary N) is 1. The molecule has 0 saturated heterocycles. The van der Waals surface area contributed by atoms with Gasteiger partial charge in [-0.2, -0.15) is 10.1 Å². The van der Waals surface area contributed by atoms with Crippen LogP contribution >= 0.6 is 0 Å². The minimum atomic E-state index is 0.510. The fourth-order valence-corrected chi connectivity index (χ4v) is 2.04. The van der Waals surface area contributed by atoms with Gasteiger partial charge in [-0.25, -0.2) is 0 Å². The van der Waals surface area contributed by atoms with E-state index in [1.54, 1.807) is 13.3 Å². The van der Waals surface area contributed by atoms with Crippen molar-refractivity contribution in [3.8, 4) is 0 Å². The fourth-order valence-electron chi connectivity index (χ4n) is 2.04. The molecule has 0 saturated carbocycles. The normalized spacial score (nSPS) is 10.4. The summed E-state index contributed by atoms with van der Waals surface area (Å²) in [4.78, 5) is 6.61. The van der Waals surface area contributed by atoms with Gasteiger partial charge in [0.25, 0.3) is 0 Å². The summed E-state index contributed by atoms with van der Waals surface area (Å²) in [5.41, 5.74) is 2.31. The van der Waals surface area contributed by atoms with Crippen molar-refractivity contribution in [1.82, 2.24) is 15.2 Å². The molecule has 6 nitrogen and oxygen atoms in total. The van der Waals surface area contributed by atoms with Gasteiger partial charge in [0.1, 0.15) is 0 Å². The van der Waals surface area contributed by atoms with Gasteiger partial charge in [-0.1, -0.05) is 12.1 Å². The second-order valence-corrected chi connectivity index (χ2v) is 4.64. The molecule has 0 fully saturated rings. The van der Waals surface area contributed by atoms with E-state index in [1.165, 1.54) is 5.56 Å². The third kappa shape index (κ3) is 4.13. The molecule has 1 heterocycles. The predicted molar refractivity (Wildman–Crippen MR) is 84.1 cm³/mol. The molecular weight excluding hydrogens is 266 g/mol. The summed E-state index contributed by atoms with van der Waals surface area (Å²) in [5.74, 6) is 1.29. The molecule has 1 N–H and O–H groups in total. The molecule has 0 atom stereocenters. The Labute approximate surface area is 125 Å². The average molecular weight is 287 g/mol. The Hall–Kier alpha value is -2.21. The molecule has 0 spiro atoms. The lowest BCUT2D eigenvalue weighted by Gasteiger charge is -2.22. The van der Waals surface area contributed by atoms with E-state index in [0.29, 0.717) is 19.1 Å². The van der Waals surface area contributed by atoms with Crippen LogP contribution in [0.25, 0.3) is 0 Å². The van der Waals surface area contributed by atoms with Crippen molar-refractivity contribution >= 4 is 17.5 Å². The molecule has 2 aromatic rings. The van der Waals surface area contributed by atoms with E-state index >= 15 is 0 Å². The average Bonchev–Trinajstić information content (AvgIpc) is 2.49. The first-order chi connectivity index (χ1) is 10.2. The Balaban J connectivity index is 2.20. The van der Waals surface area contributed by atoms with Gasteiger partial charge >= 0.3 is 0 Å². The van der Waals surface area contributed by atoms with Crippen LogP contribution < -0.4 is 10.2 Å². The monoisotopic (exact) mass is 287 g/mol. The highest BCUT2D eigenvalue weighted by Gasteiger charge is 2.10. The number of hydrogen-bond acceptors (Lipinski definition) is 6. The summed E-state index contributed by atoms with van der Waals surface area (Å²) in [6.07, 6.45) is 1.67. The number of aromatic nitrogens is 3. The molecule has 0 unspecified atom stereocenters. The summed E-state index contributed by atoms with van der Waals surface area (Å²) < 4.78 is 5.00. The number of aryl methyl sites for hydroxylation is 1. The molecule has 0 radical (unpaired) electrons. The first-order valence-corrected chi connectivity index (χ1v) is 7.01. The first-order valence-electron chi connectivity index (χ1n) is 7.01. The second kappa shape index (κ2) is 7.54. The Morgan fingerprint density at radius 2 is 2.19 bits per heavy atom. The fraction of sp³-hybridized carbons (Fsp3) is 0.400. The quantitative estimate of drug-likeness (QED) is 0.789. The van der Waals surface area contributed by atoms with Crippen molar-refractivity contribution in [1.29, 1.82) is 0 Å². The molecule has 0 aliphatic carbocycles. The molecule has 21 heavy (non-hydrogen) atoms. The molecular formula is C15H21N5O. The zero-order valence-corrected chi connectivity index (χ0v) is 12.7. The Morgan fingerprint density at radius 3 is 2.90 bits per heavy atom. The maximum absolute atomic E-state index is 5.00. The predicted octanol–water partition coefficient (Wildman–Crippen LogP) is 2.40. The number of anilines is 3. The zero-order chi connectivity index (χ0) is 15.1. The molecule has 1 aromatic carbocycles. The van der Waals surface area contributed by atoms with Gasteiger partial charge in [-0.3, -0.25) is 0 Å². The highest BCUT2D eigenvalue weighted by molar-refractivity contribution is 5.60. The molecule has 112 valence electrons. The summed E-state index contributed by atoms with van der Waals surface area (Å²) in [7, 11) is 1.66. The van der Waals surface area contributed by atoms with Crippen molar-refractivity contribution in [2.24, 2.45) is 0 Å². The molecule has 0 bridgehead atoms. The van der Waals surface area contributed by atoms with Crippen molar-refractivity contribution < 1.29 is 4.74 Å². The van der Waals surface area contributed by atoms with Gasteiger partial charge in [0, 0.05) is 25.9 Å². The zero-order valence-electron chi connectivity index (χ0n) is 12.7. The van der Waals surface area contributed by atoms with E-state index in [4.69, 9.17) is 4.74 Å². The maximum atomic E-state index is 5.00. The van der Waals surface area contributed by atoms with Crippen LogP contribution in [-0.4, -0.2) is 42.0 Å². The van der Waals surface area contributed by atoms with Gasteiger partial charge in [-0.05, 0) is 31.5 Å². The molecule has 6 heteroatoms. The van der Waals surface area contributed by atoms with E-state index in [0.717, 1.165) is 18.1 Å². The smallest absolute Gasteiger partial charge is 0.244 e. The molecule has 1 aromatic heterocycles. The van der Waals surface area contributed by atoms with Crippen LogP contribution in [0.3, 0.4) is 0 Å². The molecule has 0 amide bonds. The number of ether oxygens (including phenoxy) is 1. The lowest BCUT2D eigenvalue weighted by molar-refractivity contribution is 0.210. The van der Waals surface area contributed by atoms with Gasteiger partial charge in [0.05, 0.1) is 12.8 Å². The van der Waals surface area contributed by atoms with Gasteiger partial charge in [0.2, 0.25) is 5.95 Å². The summed E-state index contributed by atoms with van der Waals surface area (Å²) in [6, 6.07) is 8.31. The second-order valence-electron chi connectivity index (χ2n) is 4.64. The Kier molecular flexibility index (Phi) is 5.45. The van der Waals surface area contributed by atoms with Crippen LogP contribution in [0, 0.1) is 6.92 Å². The van der Waals surface area contributed by atoms with Gasteiger partial charge < -0.3 is 15.0 Å². The Bertz CT molecular complexity index is 575. The summed E-state index contributed by atoms with van der Waals surface area (Å²) >= 11 is 0. The van der Waals surface area contributed by atoms with E-state index in [2.05, 4.69) is 57.4 Å². The SMILES string of the molecule is CCN(c1cccc(C)c1)c1cnnc(NCCOC)n1. The van der Waals surface area contributed by atoms with E-state index in [1.807, 2.05) is 6.07 Å². The minimum absolute atomic E-state index is 0.510. The lowest BCUT2D eigenvalue weighted by Crippen LogP contribution is -2.19. The third-order valence-electron chi connectivity index (χ3n) is 3.04. The van der Waals surface area contributed by atoms with Crippen LogP contribution in [0.4, 0.5) is 17.5 Å². The highest BCUT2D eigenvalue weighted by Crippen LogP contribution is 2.23. The van der Waals surface area contributed by atoms with Crippen LogP contribution in [0.1, 0.15) is 12.5 Å². The van der Waals surface area contributed by atoms with Gasteiger partial charge in [-0.15, -0.1) is 5.10 Å². The number of rotatable bonds is 7. The number of hydrogen-bond donors (Lipinski definition) is 1. The molecule has 0 aliphatic rings. The van der Waals surface area contributed by atoms with Crippen LogP contribution in [0.2, 0.25) is 0 Å². The standard InChI is InChI=1S/C15H21N5O/c1-4-20(13-7-5-6-12(2)10-13)14-11-17-19-15(18-14)16-8-9-21-3/h5-7,10-11H,4,8-9H2,1-3H3,(H,16,18,19). The topological polar surface area (TPSA) is 63.2 Å². The van der Waals surface area contributed by atoms with Crippen molar-refractivity contribution in [3.05, 3.63) is 36.0 Å². The third-order valence-corrected chi connectivity index (χ3v) is 3.04. The largest absolute Gasteiger partial charge is 0.383 e. The number of benzene rings is 1. The van der Waals surface area contributed by atoms with Crippen LogP contribution in [0.15, 0.2) is 30.5 Å². The first kappa shape index (κ1) is 15.2. The van der Waals surface area contributed by atoms with Crippen molar-refractivity contribution in [2.75, 3.05) is 37.0 Å². The van der Waals surface area contributed by atoms with Crippen molar-refractivity contribution in [3.63, 3.8) is 0 Å². The summed E-state index contributed by atoms with van der Waals surface area (Å²) in [6.45, 7) is 6.22. The summed E-state index contributed by atoms with van der Waals surface area (Å²) in [5, 5.41) is 11.1. The highest BCUT2D eigenvalue weighted by atomic mass is 16.5.